The lowest BCUT2D eigenvalue weighted by Gasteiger charge is -2.36. The van der Waals surface area contributed by atoms with Crippen molar-refractivity contribution in [2.75, 3.05) is 19.6 Å². The zero-order chi connectivity index (χ0) is 17.1. The van der Waals surface area contributed by atoms with Crippen LogP contribution in [0, 0.1) is 0 Å². The number of nitrogens with zero attached hydrogens (tertiary/aromatic N) is 2. The molecule has 0 bridgehead atoms. The largest absolute Gasteiger partial charge is 0.337 e. The summed E-state index contributed by atoms with van der Waals surface area (Å²) < 4.78 is 0. The first-order chi connectivity index (χ1) is 11.6. The average Bonchev–Trinajstić information content (AvgIpc) is 2.61. The zero-order valence-corrected chi connectivity index (χ0v) is 14.1. The van der Waals surface area contributed by atoms with Crippen LogP contribution >= 0.6 is 0 Å². The van der Waals surface area contributed by atoms with Gasteiger partial charge in [0.25, 0.3) is 5.91 Å². The Balaban J connectivity index is 1.78. The fraction of sp³-hybridized carbons (Fsp3) is 0.300. The fourth-order valence-corrected chi connectivity index (χ4v) is 3.05. The highest BCUT2D eigenvalue weighted by atomic mass is 16.2. The van der Waals surface area contributed by atoms with Crippen molar-refractivity contribution in [3.63, 3.8) is 0 Å². The van der Waals surface area contributed by atoms with Crippen LogP contribution in [0.1, 0.15) is 24.2 Å². The lowest BCUT2D eigenvalue weighted by atomic mass is 10.0. The van der Waals surface area contributed by atoms with Gasteiger partial charge in [-0.1, -0.05) is 42.5 Å². The van der Waals surface area contributed by atoms with E-state index < -0.39 is 0 Å². The summed E-state index contributed by atoms with van der Waals surface area (Å²) in [6, 6.07) is 17.7. The van der Waals surface area contributed by atoms with E-state index in [1.165, 1.54) is 0 Å². The maximum Gasteiger partial charge on any atom is 0.254 e. The minimum absolute atomic E-state index is 0.0174. The maximum absolute atomic E-state index is 12.8. The van der Waals surface area contributed by atoms with E-state index in [4.69, 9.17) is 0 Å². The van der Waals surface area contributed by atoms with Crippen LogP contribution in [0.4, 0.5) is 0 Å². The molecule has 4 nitrogen and oxygen atoms in total. The molecule has 0 saturated carbocycles. The van der Waals surface area contributed by atoms with Gasteiger partial charge in [-0.15, -0.1) is 0 Å². The van der Waals surface area contributed by atoms with Crippen molar-refractivity contribution < 1.29 is 9.59 Å². The molecule has 1 aliphatic rings. The van der Waals surface area contributed by atoms with Crippen molar-refractivity contribution in [1.82, 2.24) is 9.80 Å². The molecular formula is C20H22N2O2. The molecule has 1 heterocycles. The van der Waals surface area contributed by atoms with Gasteiger partial charge in [0.2, 0.25) is 5.91 Å². The number of carbonyl (C=O) groups is 2. The Hall–Kier alpha value is -2.62. The Morgan fingerprint density at radius 3 is 2.33 bits per heavy atom. The van der Waals surface area contributed by atoms with Gasteiger partial charge in [-0.2, -0.15) is 0 Å². The van der Waals surface area contributed by atoms with Crippen LogP contribution in [0.15, 0.2) is 54.6 Å². The Morgan fingerprint density at radius 2 is 1.67 bits per heavy atom. The maximum atomic E-state index is 12.8. The van der Waals surface area contributed by atoms with Crippen molar-refractivity contribution in [1.29, 1.82) is 0 Å². The van der Waals surface area contributed by atoms with E-state index in [0.717, 1.165) is 11.1 Å². The number of amides is 2. The third-order valence-electron chi connectivity index (χ3n) is 4.38. The summed E-state index contributed by atoms with van der Waals surface area (Å²) in [7, 11) is 0. The quantitative estimate of drug-likeness (QED) is 0.871. The molecule has 2 aromatic carbocycles. The summed E-state index contributed by atoms with van der Waals surface area (Å²) in [6.07, 6.45) is 0. The summed E-state index contributed by atoms with van der Waals surface area (Å²) in [5, 5.41) is 0. The molecular weight excluding hydrogens is 300 g/mol. The number of hydrogen-bond donors (Lipinski definition) is 0. The van der Waals surface area contributed by atoms with Crippen molar-refractivity contribution in [2.45, 2.75) is 19.9 Å². The molecule has 1 saturated heterocycles. The van der Waals surface area contributed by atoms with Crippen molar-refractivity contribution in [3.8, 4) is 11.1 Å². The molecule has 0 unspecified atom stereocenters. The summed E-state index contributed by atoms with van der Waals surface area (Å²) in [5.74, 6) is -0.0617. The minimum atomic E-state index is -0.0791. The van der Waals surface area contributed by atoms with Gasteiger partial charge < -0.3 is 9.80 Å². The Kier molecular flexibility index (Phi) is 4.65. The SMILES string of the molecule is CC(C)N1CCN(C(=O)c2cccc(-c3ccccc3)c2)CC1=O. The smallest absolute Gasteiger partial charge is 0.254 e. The van der Waals surface area contributed by atoms with Gasteiger partial charge in [-0.3, -0.25) is 9.59 Å². The topological polar surface area (TPSA) is 40.6 Å². The first-order valence-corrected chi connectivity index (χ1v) is 8.30. The highest BCUT2D eigenvalue weighted by molar-refractivity contribution is 5.98. The number of hydrogen-bond acceptors (Lipinski definition) is 2. The van der Waals surface area contributed by atoms with E-state index in [2.05, 4.69) is 0 Å². The summed E-state index contributed by atoms with van der Waals surface area (Å²) in [5.41, 5.74) is 2.71. The lowest BCUT2D eigenvalue weighted by Crippen LogP contribution is -2.54. The van der Waals surface area contributed by atoms with Gasteiger partial charge in [-0.05, 0) is 37.1 Å². The highest BCUT2D eigenvalue weighted by Gasteiger charge is 2.28. The summed E-state index contributed by atoms with van der Waals surface area (Å²) in [4.78, 5) is 28.4. The third kappa shape index (κ3) is 3.32. The van der Waals surface area contributed by atoms with Crippen molar-refractivity contribution >= 4 is 11.8 Å². The Bertz CT molecular complexity index is 740. The van der Waals surface area contributed by atoms with Crippen LogP contribution in [0.5, 0.6) is 0 Å². The number of benzene rings is 2. The normalized spacial score (nSPS) is 15.0. The Morgan fingerprint density at radius 1 is 0.958 bits per heavy atom. The van der Waals surface area contributed by atoms with Gasteiger partial charge in [-0.25, -0.2) is 0 Å². The zero-order valence-electron chi connectivity index (χ0n) is 14.1. The van der Waals surface area contributed by atoms with Crippen LogP contribution < -0.4 is 0 Å². The molecule has 124 valence electrons. The second-order valence-electron chi connectivity index (χ2n) is 6.35. The van der Waals surface area contributed by atoms with Crippen LogP contribution in [0.3, 0.4) is 0 Å². The van der Waals surface area contributed by atoms with E-state index in [-0.39, 0.29) is 24.4 Å². The van der Waals surface area contributed by atoms with Gasteiger partial charge in [0.1, 0.15) is 6.54 Å². The molecule has 2 amide bonds. The molecule has 0 spiro atoms. The third-order valence-corrected chi connectivity index (χ3v) is 4.38. The van der Waals surface area contributed by atoms with E-state index in [9.17, 15) is 9.59 Å². The van der Waals surface area contributed by atoms with E-state index >= 15 is 0 Å². The minimum Gasteiger partial charge on any atom is -0.337 e. The lowest BCUT2D eigenvalue weighted by molar-refractivity contribution is -0.136. The molecule has 0 atom stereocenters. The van der Waals surface area contributed by atoms with E-state index in [1.807, 2.05) is 73.3 Å². The molecule has 3 rings (SSSR count). The molecule has 0 radical (unpaired) electrons. The highest BCUT2D eigenvalue weighted by Crippen LogP contribution is 2.21. The van der Waals surface area contributed by atoms with Crippen LogP contribution in [0.25, 0.3) is 11.1 Å². The van der Waals surface area contributed by atoms with Gasteiger partial charge >= 0.3 is 0 Å². The molecule has 4 heteroatoms. The van der Waals surface area contributed by atoms with Crippen molar-refractivity contribution in [2.24, 2.45) is 0 Å². The molecule has 24 heavy (non-hydrogen) atoms. The van der Waals surface area contributed by atoms with E-state index in [1.54, 1.807) is 4.90 Å². The van der Waals surface area contributed by atoms with Crippen LogP contribution in [-0.4, -0.2) is 47.3 Å². The second kappa shape index (κ2) is 6.87. The molecule has 0 N–H and O–H groups in total. The molecule has 0 aromatic heterocycles. The summed E-state index contributed by atoms with van der Waals surface area (Å²) >= 11 is 0. The monoisotopic (exact) mass is 322 g/mol. The van der Waals surface area contributed by atoms with Crippen LogP contribution in [-0.2, 0) is 4.79 Å². The predicted molar refractivity (Wildman–Crippen MR) is 94.6 cm³/mol. The second-order valence-corrected chi connectivity index (χ2v) is 6.35. The van der Waals surface area contributed by atoms with Crippen LogP contribution in [0.2, 0.25) is 0 Å². The van der Waals surface area contributed by atoms with Gasteiger partial charge in [0.05, 0.1) is 0 Å². The fourth-order valence-electron chi connectivity index (χ4n) is 3.05. The molecule has 1 fully saturated rings. The van der Waals surface area contributed by atoms with Crippen molar-refractivity contribution in [3.05, 3.63) is 60.2 Å². The number of rotatable bonds is 3. The first-order valence-electron chi connectivity index (χ1n) is 8.30. The first kappa shape index (κ1) is 16.2. The number of piperazine rings is 1. The standard InChI is InChI=1S/C20H22N2O2/c1-15(2)22-12-11-21(14-19(22)23)20(24)18-10-6-9-17(13-18)16-7-4-3-5-8-16/h3-10,13,15H,11-12,14H2,1-2H3. The number of carbonyl (C=O) groups excluding carboxylic acids is 2. The molecule has 1 aliphatic heterocycles. The van der Waals surface area contributed by atoms with E-state index in [0.29, 0.717) is 18.7 Å². The predicted octanol–water partition coefficient (Wildman–Crippen LogP) is 3.05. The van der Waals surface area contributed by atoms with Gasteiger partial charge in [0.15, 0.2) is 0 Å². The average molecular weight is 322 g/mol. The van der Waals surface area contributed by atoms with Gasteiger partial charge in [0, 0.05) is 24.7 Å². The molecule has 2 aromatic rings. The molecule has 0 aliphatic carbocycles. The Labute approximate surface area is 142 Å². The summed E-state index contributed by atoms with van der Waals surface area (Å²) in [6.45, 7) is 5.34.